The lowest BCUT2D eigenvalue weighted by Crippen LogP contribution is -2.51. The molecule has 0 amide bonds. The summed E-state index contributed by atoms with van der Waals surface area (Å²) in [5.74, 6) is -11.0. The van der Waals surface area contributed by atoms with Gasteiger partial charge < -0.3 is 0 Å². The second kappa shape index (κ2) is 6.61. The average Bonchev–Trinajstić information content (AvgIpc) is 2.21. The quantitative estimate of drug-likeness (QED) is 0.403. The van der Waals surface area contributed by atoms with Gasteiger partial charge in [0.05, 0.1) is 0 Å². The predicted molar refractivity (Wildman–Crippen MR) is 53.9 cm³/mol. The number of hydrogen-bond donors (Lipinski definition) is 0. The van der Waals surface area contributed by atoms with E-state index in [2.05, 4.69) is 0 Å². The van der Waals surface area contributed by atoms with Gasteiger partial charge in [0.15, 0.2) is 0 Å². The third kappa shape index (κ3) is 4.65. The summed E-state index contributed by atoms with van der Waals surface area (Å²) in [6, 6.07) is 0. The molecule has 0 atom stereocenters. The maximum Gasteiger partial charge on any atom is 0.459 e. The van der Waals surface area contributed by atoms with E-state index >= 15 is 0 Å². The molecule has 0 bridgehead atoms. The third-order valence-electron chi connectivity index (χ3n) is 2.66. The number of rotatable bonds is 8. The zero-order chi connectivity index (χ0) is 14.4. The molecule has 0 aliphatic rings. The first-order valence-corrected chi connectivity index (χ1v) is 5.88. The molecular weight excluding hydrogens is 265 g/mol. The first-order chi connectivity index (χ1) is 8.06. The van der Waals surface area contributed by atoms with Crippen molar-refractivity contribution in [2.75, 3.05) is 0 Å². The second-order valence-electron chi connectivity index (χ2n) is 4.29. The van der Waals surface area contributed by atoms with E-state index in [9.17, 15) is 30.7 Å². The van der Waals surface area contributed by atoms with E-state index in [4.69, 9.17) is 0 Å². The van der Waals surface area contributed by atoms with Gasteiger partial charge in [-0.2, -0.15) is 30.7 Å². The molecule has 0 unspecified atom stereocenters. The van der Waals surface area contributed by atoms with Crippen molar-refractivity contribution < 1.29 is 30.7 Å². The first-order valence-electron chi connectivity index (χ1n) is 5.88. The summed E-state index contributed by atoms with van der Waals surface area (Å²) in [4.78, 5) is 0. The highest BCUT2D eigenvalue weighted by Crippen LogP contribution is 2.48. The predicted octanol–water partition coefficient (Wildman–Crippen LogP) is 5.57. The van der Waals surface area contributed by atoms with Crippen molar-refractivity contribution in [1.29, 1.82) is 0 Å². The van der Waals surface area contributed by atoms with Gasteiger partial charge in [-0.3, -0.25) is 0 Å². The van der Waals surface area contributed by atoms with Crippen LogP contribution in [0.1, 0.15) is 51.9 Å². The van der Waals surface area contributed by atoms with Gasteiger partial charge >= 0.3 is 18.0 Å². The van der Waals surface area contributed by atoms with Gasteiger partial charge in [0.1, 0.15) is 0 Å². The Kier molecular flexibility index (Phi) is 6.43. The van der Waals surface area contributed by atoms with E-state index in [1.165, 1.54) is 0 Å². The van der Waals surface area contributed by atoms with Gasteiger partial charge in [-0.05, 0) is 6.42 Å². The second-order valence-corrected chi connectivity index (χ2v) is 4.29. The van der Waals surface area contributed by atoms with E-state index < -0.39 is 24.4 Å². The molecule has 0 aromatic carbocycles. The van der Waals surface area contributed by atoms with Crippen LogP contribution < -0.4 is 0 Å². The summed E-state index contributed by atoms with van der Waals surface area (Å²) < 4.78 is 85.9. The zero-order valence-electron chi connectivity index (χ0n) is 10.1. The molecule has 7 heteroatoms. The van der Waals surface area contributed by atoms with E-state index in [1.54, 1.807) is 0 Å². The van der Waals surface area contributed by atoms with Crippen molar-refractivity contribution in [1.82, 2.24) is 0 Å². The van der Waals surface area contributed by atoms with Crippen LogP contribution in [-0.2, 0) is 0 Å². The highest BCUT2D eigenvalue weighted by molar-refractivity contribution is 4.90. The minimum Gasteiger partial charge on any atom is -0.200 e. The summed E-state index contributed by atoms with van der Waals surface area (Å²) in [7, 11) is 0. The average molecular weight is 282 g/mol. The lowest BCUT2D eigenvalue weighted by Gasteiger charge is -2.28. The van der Waals surface area contributed by atoms with Crippen LogP contribution in [-0.4, -0.2) is 18.0 Å². The highest BCUT2D eigenvalue weighted by atomic mass is 19.4. The molecule has 0 aromatic rings. The number of hydrogen-bond acceptors (Lipinski definition) is 0. The Balaban J connectivity index is 4.15. The highest BCUT2D eigenvalue weighted by Gasteiger charge is 2.72. The molecule has 0 rings (SSSR count). The summed E-state index contributed by atoms with van der Waals surface area (Å²) in [6.07, 6.45) is -4.56. The molecule has 0 heterocycles. The zero-order valence-corrected chi connectivity index (χ0v) is 10.1. The maximum absolute atomic E-state index is 12.8. The number of halogens is 7. The largest absolute Gasteiger partial charge is 0.459 e. The number of alkyl halides is 7. The summed E-state index contributed by atoms with van der Waals surface area (Å²) in [6.45, 7) is 1.94. The number of unbranched alkanes of at least 4 members (excludes halogenated alkanes) is 5. The van der Waals surface area contributed by atoms with Crippen LogP contribution in [0.25, 0.3) is 0 Å². The van der Waals surface area contributed by atoms with Crippen LogP contribution >= 0.6 is 0 Å². The fourth-order valence-electron chi connectivity index (χ4n) is 1.49. The van der Waals surface area contributed by atoms with Crippen LogP contribution in [0.4, 0.5) is 30.7 Å². The SMILES string of the molecule is CCCCCCCCC(F)(F)C(F)(F)C(F)(F)F. The Morgan fingerprint density at radius 3 is 1.56 bits per heavy atom. The molecule has 110 valence electrons. The third-order valence-corrected chi connectivity index (χ3v) is 2.66. The topological polar surface area (TPSA) is 0 Å². The van der Waals surface area contributed by atoms with Crippen LogP contribution in [0.2, 0.25) is 0 Å². The van der Waals surface area contributed by atoms with Gasteiger partial charge in [-0.25, -0.2) is 0 Å². The van der Waals surface area contributed by atoms with Crippen molar-refractivity contribution in [3.8, 4) is 0 Å². The van der Waals surface area contributed by atoms with Gasteiger partial charge in [-0.1, -0.05) is 39.0 Å². The smallest absolute Gasteiger partial charge is 0.200 e. The molecular formula is C11H17F7. The first kappa shape index (κ1) is 17.5. The molecule has 0 nitrogen and oxygen atoms in total. The van der Waals surface area contributed by atoms with Crippen molar-refractivity contribution in [2.45, 2.75) is 69.9 Å². The van der Waals surface area contributed by atoms with E-state index in [-0.39, 0.29) is 12.8 Å². The van der Waals surface area contributed by atoms with Gasteiger partial charge in [0, 0.05) is 6.42 Å². The molecule has 0 aromatic heterocycles. The minimum atomic E-state index is -6.21. The van der Waals surface area contributed by atoms with Crippen molar-refractivity contribution >= 4 is 0 Å². The molecule has 0 fully saturated rings. The van der Waals surface area contributed by atoms with Gasteiger partial charge in [0.25, 0.3) is 0 Å². The monoisotopic (exact) mass is 282 g/mol. The van der Waals surface area contributed by atoms with E-state index in [0.29, 0.717) is 6.42 Å². The fraction of sp³-hybridized carbons (Fsp3) is 1.00. The van der Waals surface area contributed by atoms with Crippen molar-refractivity contribution in [2.24, 2.45) is 0 Å². The Hall–Kier alpha value is -0.490. The Bertz CT molecular complexity index is 232. The van der Waals surface area contributed by atoms with Crippen molar-refractivity contribution in [3.63, 3.8) is 0 Å². The van der Waals surface area contributed by atoms with E-state index in [1.807, 2.05) is 6.92 Å². The minimum absolute atomic E-state index is 0.240. The van der Waals surface area contributed by atoms with Crippen LogP contribution in [0.3, 0.4) is 0 Å². The Morgan fingerprint density at radius 1 is 0.667 bits per heavy atom. The lowest BCUT2D eigenvalue weighted by molar-refractivity contribution is -0.355. The summed E-state index contributed by atoms with van der Waals surface area (Å²) >= 11 is 0. The Labute approximate surface area is 102 Å². The summed E-state index contributed by atoms with van der Waals surface area (Å²) in [5, 5.41) is 0. The molecule has 0 aliphatic carbocycles. The summed E-state index contributed by atoms with van der Waals surface area (Å²) in [5.41, 5.74) is 0. The molecule has 18 heavy (non-hydrogen) atoms. The lowest BCUT2D eigenvalue weighted by atomic mass is 10.0. The van der Waals surface area contributed by atoms with Gasteiger partial charge in [-0.15, -0.1) is 0 Å². The standard InChI is InChI=1S/C11H17F7/c1-2-3-4-5-6-7-8-9(12,13)10(14,15)11(16,17)18/h2-8H2,1H3. The maximum atomic E-state index is 12.8. The molecule has 0 saturated heterocycles. The molecule has 0 saturated carbocycles. The molecule has 0 N–H and O–H groups in total. The van der Waals surface area contributed by atoms with Gasteiger partial charge in [0.2, 0.25) is 0 Å². The molecule has 0 aliphatic heterocycles. The van der Waals surface area contributed by atoms with Crippen LogP contribution in [0.5, 0.6) is 0 Å². The Morgan fingerprint density at radius 2 is 1.11 bits per heavy atom. The normalized spacial score (nSPS) is 14.0. The molecule has 0 radical (unpaired) electrons. The fourth-order valence-corrected chi connectivity index (χ4v) is 1.49. The van der Waals surface area contributed by atoms with Crippen LogP contribution in [0, 0.1) is 0 Å². The van der Waals surface area contributed by atoms with Crippen molar-refractivity contribution in [3.05, 3.63) is 0 Å². The molecule has 0 spiro atoms. The van der Waals surface area contributed by atoms with E-state index in [0.717, 1.165) is 19.3 Å². The van der Waals surface area contributed by atoms with Crippen LogP contribution in [0.15, 0.2) is 0 Å².